The van der Waals surface area contributed by atoms with Crippen LogP contribution in [0.3, 0.4) is 0 Å². The minimum atomic E-state index is 0.0672. The number of hydrogen-bond acceptors (Lipinski definition) is 3. The van der Waals surface area contributed by atoms with E-state index in [1.807, 2.05) is 12.1 Å². The molecule has 0 amide bonds. The molecule has 0 radical (unpaired) electrons. The summed E-state index contributed by atoms with van der Waals surface area (Å²) in [5, 5.41) is 3.79. The van der Waals surface area contributed by atoms with Crippen LogP contribution in [-0.2, 0) is 4.74 Å². The molecule has 2 aliphatic rings. The van der Waals surface area contributed by atoms with Crippen molar-refractivity contribution in [1.82, 2.24) is 5.32 Å². The van der Waals surface area contributed by atoms with Gasteiger partial charge in [-0.3, -0.25) is 0 Å². The molecule has 1 saturated carbocycles. The Labute approximate surface area is 103 Å². The van der Waals surface area contributed by atoms with E-state index in [1.54, 1.807) is 6.26 Å². The van der Waals surface area contributed by atoms with Crippen LogP contribution in [0.5, 0.6) is 0 Å². The molecule has 1 N–H and O–H groups in total. The standard InChI is InChI=1S/C14H21NO2/c1-11-13(12-6-5-9-16-12)17-10-14(15-11)7-3-2-4-8-14/h5-6,9,11,13,15H,2-4,7-8,10H2,1H3. The molecule has 1 spiro atoms. The van der Waals surface area contributed by atoms with Crippen LogP contribution >= 0.6 is 0 Å². The van der Waals surface area contributed by atoms with Crippen LogP contribution < -0.4 is 5.32 Å². The summed E-state index contributed by atoms with van der Waals surface area (Å²) < 4.78 is 11.5. The lowest BCUT2D eigenvalue weighted by molar-refractivity contribution is -0.0794. The third kappa shape index (κ3) is 2.14. The molecule has 3 rings (SSSR count). The molecule has 0 bridgehead atoms. The monoisotopic (exact) mass is 235 g/mol. The zero-order valence-corrected chi connectivity index (χ0v) is 10.4. The minimum Gasteiger partial charge on any atom is -0.467 e. The van der Waals surface area contributed by atoms with Crippen molar-refractivity contribution in [2.75, 3.05) is 6.61 Å². The van der Waals surface area contributed by atoms with E-state index in [2.05, 4.69) is 12.2 Å². The summed E-state index contributed by atoms with van der Waals surface area (Å²) >= 11 is 0. The molecule has 1 saturated heterocycles. The van der Waals surface area contributed by atoms with Crippen molar-refractivity contribution in [2.24, 2.45) is 0 Å². The van der Waals surface area contributed by atoms with E-state index in [4.69, 9.17) is 9.15 Å². The maximum absolute atomic E-state index is 6.07. The van der Waals surface area contributed by atoms with Crippen LogP contribution in [0.15, 0.2) is 22.8 Å². The lowest BCUT2D eigenvalue weighted by atomic mass is 9.80. The highest BCUT2D eigenvalue weighted by Crippen LogP contribution is 2.36. The van der Waals surface area contributed by atoms with E-state index < -0.39 is 0 Å². The SMILES string of the molecule is CC1NC2(CCCCC2)COC1c1ccco1. The fourth-order valence-electron chi connectivity index (χ4n) is 3.29. The number of furan rings is 1. The first kappa shape index (κ1) is 11.3. The van der Waals surface area contributed by atoms with Gasteiger partial charge in [-0.1, -0.05) is 19.3 Å². The van der Waals surface area contributed by atoms with E-state index in [-0.39, 0.29) is 11.6 Å². The zero-order chi connectivity index (χ0) is 11.7. The quantitative estimate of drug-likeness (QED) is 0.812. The van der Waals surface area contributed by atoms with Crippen LogP contribution in [0, 0.1) is 0 Å². The molecule has 2 fully saturated rings. The van der Waals surface area contributed by atoms with Crippen molar-refractivity contribution in [1.29, 1.82) is 0 Å². The van der Waals surface area contributed by atoms with E-state index in [1.165, 1.54) is 32.1 Å². The first-order valence-corrected chi connectivity index (χ1v) is 6.72. The number of morpholine rings is 1. The van der Waals surface area contributed by atoms with E-state index in [0.717, 1.165) is 12.4 Å². The van der Waals surface area contributed by atoms with E-state index >= 15 is 0 Å². The van der Waals surface area contributed by atoms with Gasteiger partial charge in [-0.05, 0) is 31.9 Å². The summed E-state index contributed by atoms with van der Waals surface area (Å²) in [5.41, 5.74) is 0.237. The van der Waals surface area contributed by atoms with Crippen molar-refractivity contribution in [2.45, 2.75) is 56.7 Å². The highest BCUT2D eigenvalue weighted by molar-refractivity contribution is 5.08. The number of hydrogen-bond donors (Lipinski definition) is 1. The number of nitrogens with one attached hydrogen (secondary N) is 1. The van der Waals surface area contributed by atoms with Gasteiger partial charge in [-0.25, -0.2) is 0 Å². The molecule has 2 heterocycles. The Balaban J connectivity index is 1.71. The Hall–Kier alpha value is -0.800. The summed E-state index contributed by atoms with van der Waals surface area (Å²) in [4.78, 5) is 0. The van der Waals surface area contributed by atoms with Gasteiger partial charge in [0.2, 0.25) is 0 Å². The van der Waals surface area contributed by atoms with Gasteiger partial charge in [0.05, 0.1) is 12.9 Å². The fraction of sp³-hybridized carbons (Fsp3) is 0.714. The van der Waals surface area contributed by atoms with Gasteiger partial charge in [0, 0.05) is 11.6 Å². The smallest absolute Gasteiger partial charge is 0.134 e. The molecule has 0 aromatic carbocycles. The van der Waals surface area contributed by atoms with Gasteiger partial charge < -0.3 is 14.5 Å². The van der Waals surface area contributed by atoms with Crippen LogP contribution in [0.1, 0.15) is 50.9 Å². The molecular formula is C14H21NO2. The largest absolute Gasteiger partial charge is 0.467 e. The van der Waals surface area contributed by atoms with Crippen molar-refractivity contribution in [3.63, 3.8) is 0 Å². The molecule has 17 heavy (non-hydrogen) atoms. The van der Waals surface area contributed by atoms with Crippen molar-refractivity contribution in [3.8, 4) is 0 Å². The predicted molar refractivity (Wildman–Crippen MR) is 65.8 cm³/mol. The maximum atomic E-state index is 6.07. The lowest BCUT2D eigenvalue weighted by Crippen LogP contribution is -2.59. The lowest BCUT2D eigenvalue weighted by Gasteiger charge is -2.46. The van der Waals surface area contributed by atoms with Crippen LogP contribution in [0.2, 0.25) is 0 Å². The molecule has 2 atom stereocenters. The van der Waals surface area contributed by atoms with E-state index in [0.29, 0.717) is 6.04 Å². The highest BCUT2D eigenvalue weighted by atomic mass is 16.5. The Morgan fingerprint density at radius 3 is 2.76 bits per heavy atom. The Bertz CT molecular complexity index is 354. The fourth-order valence-corrected chi connectivity index (χ4v) is 3.29. The van der Waals surface area contributed by atoms with Gasteiger partial charge in [0.1, 0.15) is 11.9 Å². The van der Waals surface area contributed by atoms with Crippen LogP contribution in [-0.4, -0.2) is 18.2 Å². The van der Waals surface area contributed by atoms with Gasteiger partial charge >= 0.3 is 0 Å². The highest BCUT2D eigenvalue weighted by Gasteiger charge is 2.41. The summed E-state index contributed by atoms with van der Waals surface area (Å²) in [6, 6.07) is 4.26. The number of rotatable bonds is 1. The molecule has 2 unspecified atom stereocenters. The first-order valence-electron chi connectivity index (χ1n) is 6.72. The zero-order valence-electron chi connectivity index (χ0n) is 10.4. The summed E-state index contributed by atoms with van der Waals surface area (Å²) in [7, 11) is 0. The molecule has 1 aromatic rings. The molecule has 3 nitrogen and oxygen atoms in total. The molecular weight excluding hydrogens is 214 g/mol. The minimum absolute atomic E-state index is 0.0672. The Kier molecular flexibility index (Phi) is 2.97. The van der Waals surface area contributed by atoms with Crippen molar-refractivity contribution in [3.05, 3.63) is 24.2 Å². The molecule has 1 aliphatic heterocycles. The maximum Gasteiger partial charge on any atom is 0.134 e. The molecule has 1 aromatic heterocycles. The summed E-state index contributed by atoms with van der Waals surface area (Å²) in [6.45, 7) is 3.02. The second-order valence-electron chi connectivity index (χ2n) is 5.52. The average molecular weight is 235 g/mol. The summed E-state index contributed by atoms with van der Waals surface area (Å²) in [5.74, 6) is 0.940. The van der Waals surface area contributed by atoms with Gasteiger partial charge in [-0.15, -0.1) is 0 Å². The Morgan fingerprint density at radius 2 is 2.12 bits per heavy atom. The second-order valence-corrected chi connectivity index (χ2v) is 5.52. The van der Waals surface area contributed by atoms with E-state index in [9.17, 15) is 0 Å². The molecule has 94 valence electrons. The second kappa shape index (κ2) is 4.46. The molecule has 1 aliphatic carbocycles. The normalized spacial score (nSPS) is 32.8. The van der Waals surface area contributed by atoms with Crippen molar-refractivity contribution < 1.29 is 9.15 Å². The first-order chi connectivity index (χ1) is 8.29. The van der Waals surface area contributed by atoms with Gasteiger partial charge in [-0.2, -0.15) is 0 Å². The van der Waals surface area contributed by atoms with Gasteiger partial charge in [0.25, 0.3) is 0 Å². The summed E-state index contributed by atoms with van der Waals surface area (Å²) in [6.07, 6.45) is 8.32. The van der Waals surface area contributed by atoms with Gasteiger partial charge in [0.15, 0.2) is 0 Å². The van der Waals surface area contributed by atoms with Crippen LogP contribution in [0.25, 0.3) is 0 Å². The third-order valence-corrected chi connectivity index (χ3v) is 4.16. The number of ether oxygens (including phenoxy) is 1. The molecule has 3 heteroatoms. The van der Waals surface area contributed by atoms with Crippen molar-refractivity contribution >= 4 is 0 Å². The average Bonchev–Trinajstić information content (AvgIpc) is 2.83. The Morgan fingerprint density at radius 1 is 1.29 bits per heavy atom. The topological polar surface area (TPSA) is 34.4 Å². The van der Waals surface area contributed by atoms with Crippen LogP contribution in [0.4, 0.5) is 0 Å². The predicted octanol–water partition coefficient (Wildman–Crippen LogP) is 3.03. The third-order valence-electron chi connectivity index (χ3n) is 4.16.